The van der Waals surface area contributed by atoms with Crippen LogP contribution in [0.4, 0.5) is 34.1 Å². The van der Waals surface area contributed by atoms with Gasteiger partial charge >= 0.3 is 0 Å². The van der Waals surface area contributed by atoms with E-state index < -0.39 is 0 Å². The number of fused-ring (bicyclic) bond motifs is 6. The number of para-hydroxylation sites is 2. The van der Waals surface area contributed by atoms with Crippen LogP contribution >= 0.6 is 11.8 Å². The predicted molar refractivity (Wildman–Crippen MR) is 237 cm³/mol. The molecule has 0 radical (unpaired) electrons. The largest absolute Gasteiger partial charge is 0.458 e. The van der Waals surface area contributed by atoms with Gasteiger partial charge < -0.3 is 14.5 Å². The van der Waals surface area contributed by atoms with Crippen molar-refractivity contribution in [1.82, 2.24) is 0 Å². The van der Waals surface area contributed by atoms with Gasteiger partial charge in [0, 0.05) is 49.0 Å². The van der Waals surface area contributed by atoms with Gasteiger partial charge in [0.15, 0.2) is 0 Å². The topological polar surface area (TPSA) is 15.7 Å². The van der Waals surface area contributed by atoms with Gasteiger partial charge in [0.25, 0.3) is 6.71 Å². The van der Waals surface area contributed by atoms with E-state index in [1.54, 1.807) is 0 Å². The third kappa shape index (κ3) is 5.07. The molecule has 8 aromatic carbocycles. The summed E-state index contributed by atoms with van der Waals surface area (Å²) in [5.74, 6) is 1.86. The molecule has 0 saturated carbocycles. The number of hydrogen-bond donors (Lipinski definition) is 0. The first kappa shape index (κ1) is 33.2. The summed E-state index contributed by atoms with van der Waals surface area (Å²) in [5, 5.41) is 2.51. The van der Waals surface area contributed by atoms with Crippen LogP contribution in [0, 0.1) is 6.92 Å². The number of hydrogen-bond acceptors (Lipinski definition) is 4. The third-order valence-electron chi connectivity index (χ3n) is 11.7. The molecular weight excluding hydrogens is 699 g/mol. The Bertz CT molecular complexity index is 2830. The van der Waals surface area contributed by atoms with Gasteiger partial charge in [-0.2, -0.15) is 0 Å². The number of benzene rings is 8. The summed E-state index contributed by atoms with van der Waals surface area (Å²) in [6.07, 6.45) is 0. The maximum atomic E-state index is 7.00. The van der Waals surface area contributed by atoms with Gasteiger partial charge in [0.05, 0.1) is 5.69 Å². The summed E-state index contributed by atoms with van der Waals surface area (Å²) in [7, 11) is 0. The van der Waals surface area contributed by atoms with Crippen LogP contribution in [0.25, 0.3) is 21.9 Å². The van der Waals surface area contributed by atoms with Crippen molar-refractivity contribution in [1.29, 1.82) is 0 Å². The lowest BCUT2D eigenvalue weighted by Crippen LogP contribution is -2.59. The lowest BCUT2D eigenvalue weighted by atomic mass is 9.34. The van der Waals surface area contributed by atoms with Crippen molar-refractivity contribution in [2.45, 2.75) is 42.9 Å². The summed E-state index contributed by atoms with van der Waals surface area (Å²) in [5.41, 5.74) is 15.9. The molecule has 268 valence electrons. The van der Waals surface area contributed by atoms with E-state index in [2.05, 4.69) is 201 Å². The molecule has 0 aromatic heterocycles. The Morgan fingerprint density at radius 1 is 0.589 bits per heavy atom. The van der Waals surface area contributed by atoms with E-state index in [9.17, 15) is 0 Å². The second kappa shape index (κ2) is 12.4. The maximum absolute atomic E-state index is 7.00. The molecule has 3 nitrogen and oxygen atoms in total. The highest BCUT2D eigenvalue weighted by Gasteiger charge is 2.42. The van der Waals surface area contributed by atoms with Gasteiger partial charge in [0.2, 0.25) is 0 Å². The fourth-order valence-corrected chi connectivity index (χ4v) is 10.2. The summed E-state index contributed by atoms with van der Waals surface area (Å²) >= 11 is 1.88. The Morgan fingerprint density at radius 3 is 2.05 bits per heavy atom. The number of aryl methyl sites for hydroxylation is 1. The van der Waals surface area contributed by atoms with Gasteiger partial charge in [0.1, 0.15) is 11.5 Å². The van der Waals surface area contributed by atoms with Crippen molar-refractivity contribution >= 4 is 79.8 Å². The van der Waals surface area contributed by atoms with Gasteiger partial charge in [-0.05, 0) is 124 Å². The molecule has 0 atom stereocenters. The Balaban J connectivity index is 1.07. The Hall–Kier alpha value is -6.17. The number of anilines is 6. The first-order chi connectivity index (χ1) is 27.3. The number of nitrogens with zero attached hydrogens (tertiary/aromatic N) is 2. The zero-order valence-electron chi connectivity index (χ0n) is 31.9. The molecule has 3 aliphatic heterocycles. The third-order valence-corrected chi connectivity index (χ3v) is 12.8. The normalized spacial score (nSPS) is 13.4. The highest BCUT2D eigenvalue weighted by Crippen LogP contribution is 2.52. The molecule has 3 heterocycles. The SMILES string of the molecule is Cc1ccc2c(c1)B1c3cc4c(cc3Oc3cccc(c31)N2c1ccc(C(C)(C)C)cc1)-c1ccc(N(c2ccccc2)c2ccccc2)c2cccc(c12)S4. The smallest absolute Gasteiger partial charge is 0.256 e. The second-order valence-electron chi connectivity index (χ2n) is 16.2. The lowest BCUT2D eigenvalue weighted by molar-refractivity contribution is 0.487. The summed E-state index contributed by atoms with van der Waals surface area (Å²) in [6.45, 7) is 9.06. The lowest BCUT2D eigenvalue weighted by Gasteiger charge is -2.40. The van der Waals surface area contributed by atoms with Crippen molar-refractivity contribution in [3.63, 3.8) is 0 Å². The van der Waals surface area contributed by atoms with Crippen molar-refractivity contribution in [2.75, 3.05) is 9.80 Å². The molecule has 0 aliphatic carbocycles. The molecule has 0 unspecified atom stereocenters. The van der Waals surface area contributed by atoms with E-state index in [1.165, 1.54) is 70.6 Å². The molecule has 0 N–H and O–H groups in total. The highest BCUT2D eigenvalue weighted by atomic mass is 32.2. The molecule has 11 rings (SSSR count). The fourth-order valence-electron chi connectivity index (χ4n) is 9.08. The van der Waals surface area contributed by atoms with Crippen molar-refractivity contribution < 1.29 is 4.74 Å². The van der Waals surface area contributed by atoms with Crippen LogP contribution in [-0.4, -0.2) is 6.71 Å². The van der Waals surface area contributed by atoms with Crippen LogP contribution in [0.3, 0.4) is 0 Å². The highest BCUT2D eigenvalue weighted by molar-refractivity contribution is 7.99. The van der Waals surface area contributed by atoms with Crippen molar-refractivity contribution in [3.8, 4) is 22.6 Å². The summed E-state index contributed by atoms with van der Waals surface area (Å²) in [4.78, 5) is 7.34. The van der Waals surface area contributed by atoms with Gasteiger partial charge in [-0.25, -0.2) is 0 Å². The average molecular weight is 739 g/mol. The summed E-state index contributed by atoms with van der Waals surface area (Å²) in [6, 6.07) is 60.1. The Kier molecular flexibility index (Phi) is 7.37. The van der Waals surface area contributed by atoms with E-state index in [4.69, 9.17) is 4.74 Å². The zero-order valence-corrected chi connectivity index (χ0v) is 32.7. The van der Waals surface area contributed by atoms with Crippen LogP contribution in [0.2, 0.25) is 0 Å². The predicted octanol–water partition coefficient (Wildman–Crippen LogP) is 12.5. The number of rotatable bonds is 4. The fraction of sp³-hybridized carbons (Fsp3) is 0.0980. The van der Waals surface area contributed by atoms with Gasteiger partial charge in [-0.3, -0.25) is 0 Å². The molecule has 0 fully saturated rings. The van der Waals surface area contributed by atoms with Crippen LogP contribution < -0.4 is 30.9 Å². The van der Waals surface area contributed by atoms with E-state index in [0.717, 1.165) is 34.2 Å². The molecule has 8 aromatic rings. The van der Waals surface area contributed by atoms with Crippen molar-refractivity contribution in [3.05, 3.63) is 175 Å². The minimum Gasteiger partial charge on any atom is -0.458 e. The Morgan fingerprint density at radius 2 is 1.32 bits per heavy atom. The van der Waals surface area contributed by atoms with E-state index in [0.29, 0.717) is 0 Å². The Labute approximate surface area is 333 Å². The minimum absolute atomic E-state index is 0.0423. The van der Waals surface area contributed by atoms with E-state index >= 15 is 0 Å². The summed E-state index contributed by atoms with van der Waals surface area (Å²) < 4.78 is 7.00. The van der Waals surface area contributed by atoms with Crippen LogP contribution in [0.5, 0.6) is 11.5 Å². The molecule has 3 aliphatic rings. The molecule has 0 amide bonds. The maximum Gasteiger partial charge on any atom is 0.256 e. The van der Waals surface area contributed by atoms with Crippen LogP contribution in [0.1, 0.15) is 31.9 Å². The standard InChI is InChI=1S/C51H39BN2OS/c1-32-21-27-43-40(29-32)52-41-31-48-39(30-46(41)55-45-19-12-18-44(50(45)52)54(43)36-24-22-33(23-25-36)51(2,3)4)37-26-28-42(38-17-11-20-47(56-48)49(37)38)53(34-13-7-5-8-14-34)35-15-9-6-10-16-35/h5-31H,1-4H3. The first-order valence-corrected chi connectivity index (χ1v) is 20.3. The van der Waals surface area contributed by atoms with Crippen LogP contribution in [-0.2, 0) is 5.41 Å². The zero-order chi connectivity index (χ0) is 37.7. The molecule has 56 heavy (non-hydrogen) atoms. The molecule has 0 bridgehead atoms. The minimum atomic E-state index is 0.0423. The molecular formula is C51H39BN2OS. The number of ether oxygens (including phenoxy) is 1. The van der Waals surface area contributed by atoms with Crippen LogP contribution in [0.15, 0.2) is 174 Å². The quantitative estimate of drug-likeness (QED) is 0.167. The van der Waals surface area contributed by atoms with E-state index in [-0.39, 0.29) is 12.1 Å². The molecule has 0 saturated heterocycles. The van der Waals surface area contributed by atoms with Crippen molar-refractivity contribution in [2.24, 2.45) is 0 Å². The van der Waals surface area contributed by atoms with E-state index in [1.807, 2.05) is 11.8 Å². The van der Waals surface area contributed by atoms with Gasteiger partial charge in [-0.1, -0.05) is 123 Å². The average Bonchev–Trinajstić information content (AvgIpc) is 3.21. The second-order valence-corrected chi connectivity index (χ2v) is 17.3. The molecule has 5 heteroatoms. The molecule has 0 spiro atoms. The monoisotopic (exact) mass is 738 g/mol. The van der Waals surface area contributed by atoms with Gasteiger partial charge in [-0.15, -0.1) is 0 Å². The first-order valence-electron chi connectivity index (χ1n) is 19.5.